The predicted molar refractivity (Wildman–Crippen MR) is 112 cm³/mol. The number of carbonyl (C=O) groups is 1. The fourth-order valence-electron chi connectivity index (χ4n) is 3.64. The summed E-state index contributed by atoms with van der Waals surface area (Å²) in [6.45, 7) is 3.30. The molecule has 0 radical (unpaired) electrons. The van der Waals surface area contributed by atoms with Crippen molar-refractivity contribution < 1.29 is 4.79 Å². The number of pyridine rings is 1. The SMILES string of the molecule is CN(C)CCNc1ccc2c3c(nn2CCN(C)C)-c2cnccc2C(=O)c13. The summed E-state index contributed by atoms with van der Waals surface area (Å²) >= 11 is 0. The minimum absolute atomic E-state index is 0.0370. The second-order valence-corrected chi connectivity index (χ2v) is 7.74. The number of fused-ring (bicyclic) bond motifs is 2. The number of carbonyl (C=O) groups excluding carboxylic acids is 1. The number of anilines is 1. The van der Waals surface area contributed by atoms with Crippen molar-refractivity contribution >= 4 is 22.4 Å². The lowest BCUT2D eigenvalue weighted by atomic mass is 9.87. The average molecular weight is 378 g/mol. The Hall–Kier alpha value is -2.77. The van der Waals surface area contributed by atoms with E-state index >= 15 is 0 Å². The van der Waals surface area contributed by atoms with Crippen LogP contribution in [0.1, 0.15) is 15.9 Å². The smallest absolute Gasteiger partial charge is 0.196 e. The van der Waals surface area contributed by atoms with Crippen LogP contribution in [0.2, 0.25) is 0 Å². The molecule has 7 heteroatoms. The van der Waals surface area contributed by atoms with Gasteiger partial charge >= 0.3 is 0 Å². The zero-order valence-electron chi connectivity index (χ0n) is 16.9. The molecule has 2 aromatic heterocycles. The van der Waals surface area contributed by atoms with E-state index in [9.17, 15) is 4.79 Å². The number of ketones is 1. The first-order valence-electron chi connectivity index (χ1n) is 9.53. The minimum atomic E-state index is 0.0370. The van der Waals surface area contributed by atoms with Gasteiger partial charge in [-0.1, -0.05) is 0 Å². The van der Waals surface area contributed by atoms with Gasteiger partial charge < -0.3 is 15.1 Å². The highest BCUT2D eigenvalue weighted by atomic mass is 16.1. The van der Waals surface area contributed by atoms with Crippen molar-refractivity contribution in [1.29, 1.82) is 0 Å². The maximum Gasteiger partial charge on any atom is 0.196 e. The van der Waals surface area contributed by atoms with Gasteiger partial charge in [0.25, 0.3) is 0 Å². The summed E-state index contributed by atoms with van der Waals surface area (Å²) in [5, 5.41) is 9.25. The lowest BCUT2D eigenvalue weighted by Crippen LogP contribution is -2.22. The van der Waals surface area contributed by atoms with E-state index in [-0.39, 0.29) is 5.78 Å². The van der Waals surface area contributed by atoms with Crippen molar-refractivity contribution in [3.63, 3.8) is 0 Å². The minimum Gasteiger partial charge on any atom is -0.383 e. The third kappa shape index (κ3) is 3.16. The lowest BCUT2D eigenvalue weighted by Gasteiger charge is -2.19. The first-order chi connectivity index (χ1) is 13.5. The van der Waals surface area contributed by atoms with Gasteiger partial charge in [-0.25, -0.2) is 0 Å². The molecule has 1 aliphatic carbocycles. The molecular formula is C21H26N6O. The Morgan fingerprint density at radius 1 is 1.04 bits per heavy atom. The van der Waals surface area contributed by atoms with Gasteiger partial charge in [0.05, 0.1) is 17.6 Å². The molecule has 2 heterocycles. The molecule has 0 unspecified atom stereocenters. The average Bonchev–Trinajstić information content (AvgIpc) is 3.04. The molecule has 4 rings (SSSR count). The highest BCUT2D eigenvalue weighted by molar-refractivity contribution is 6.27. The first kappa shape index (κ1) is 18.6. The maximum atomic E-state index is 13.4. The fraction of sp³-hybridized carbons (Fsp3) is 0.381. The van der Waals surface area contributed by atoms with Crippen molar-refractivity contribution in [2.75, 3.05) is 53.1 Å². The summed E-state index contributed by atoms with van der Waals surface area (Å²) < 4.78 is 2.01. The predicted octanol–water partition coefficient (Wildman–Crippen LogP) is 2.18. The highest BCUT2D eigenvalue weighted by Crippen LogP contribution is 2.41. The van der Waals surface area contributed by atoms with Gasteiger partial charge in [-0.3, -0.25) is 14.5 Å². The van der Waals surface area contributed by atoms with Crippen molar-refractivity contribution in [2.45, 2.75) is 6.54 Å². The van der Waals surface area contributed by atoms with Gasteiger partial charge in [0, 0.05) is 54.2 Å². The Balaban J connectivity index is 1.87. The zero-order chi connectivity index (χ0) is 19.8. The molecule has 1 aromatic carbocycles. The largest absolute Gasteiger partial charge is 0.383 e. The first-order valence-corrected chi connectivity index (χ1v) is 9.53. The fourth-order valence-corrected chi connectivity index (χ4v) is 3.64. The van der Waals surface area contributed by atoms with Gasteiger partial charge in [-0.05, 0) is 46.4 Å². The van der Waals surface area contributed by atoms with E-state index in [0.29, 0.717) is 5.56 Å². The lowest BCUT2D eigenvalue weighted by molar-refractivity contribution is 0.104. The van der Waals surface area contributed by atoms with Gasteiger partial charge in [0.15, 0.2) is 5.78 Å². The number of benzene rings is 1. The quantitative estimate of drug-likeness (QED) is 0.532. The summed E-state index contributed by atoms with van der Waals surface area (Å²) in [5.74, 6) is 0.0370. The van der Waals surface area contributed by atoms with Gasteiger partial charge in [0.1, 0.15) is 5.69 Å². The molecular weight excluding hydrogens is 352 g/mol. The molecule has 0 fully saturated rings. The number of aromatic nitrogens is 3. The molecule has 1 N–H and O–H groups in total. The molecule has 7 nitrogen and oxygen atoms in total. The van der Waals surface area contributed by atoms with E-state index in [1.807, 2.05) is 38.9 Å². The summed E-state index contributed by atoms with van der Waals surface area (Å²) in [4.78, 5) is 21.8. The maximum absolute atomic E-state index is 13.4. The topological polar surface area (TPSA) is 66.3 Å². The number of likely N-dealkylation sites (N-methyl/N-ethyl adjacent to an activating group) is 2. The second-order valence-electron chi connectivity index (χ2n) is 7.74. The second kappa shape index (κ2) is 7.33. The molecule has 0 saturated carbocycles. The molecule has 1 aliphatic rings. The Morgan fingerprint density at radius 2 is 1.82 bits per heavy atom. The standard InChI is InChI=1S/C21H26N6O/c1-25(2)10-9-23-16-5-6-17-19-18(16)21(28)14-7-8-22-13-15(14)20(19)24-27(17)12-11-26(3)4/h5-8,13,23H,9-12H2,1-4H3. The third-order valence-corrected chi connectivity index (χ3v) is 5.10. The van der Waals surface area contributed by atoms with Gasteiger partial charge in [-0.2, -0.15) is 5.10 Å². The van der Waals surface area contributed by atoms with Gasteiger partial charge in [0.2, 0.25) is 0 Å². The Morgan fingerprint density at radius 3 is 2.57 bits per heavy atom. The van der Waals surface area contributed by atoms with E-state index in [2.05, 4.69) is 26.2 Å². The highest BCUT2D eigenvalue weighted by Gasteiger charge is 2.31. The van der Waals surface area contributed by atoms with E-state index in [4.69, 9.17) is 5.10 Å². The van der Waals surface area contributed by atoms with Crippen LogP contribution in [0.3, 0.4) is 0 Å². The number of nitrogens with one attached hydrogen (secondary N) is 1. The van der Waals surface area contributed by atoms with E-state index < -0.39 is 0 Å². The summed E-state index contributed by atoms with van der Waals surface area (Å²) in [6, 6.07) is 5.87. The van der Waals surface area contributed by atoms with Crippen LogP contribution in [-0.4, -0.2) is 78.2 Å². The third-order valence-electron chi connectivity index (χ3n) is 5.10. The van der Waals surface area contributed by atoms with Crippen molar-refractivity contribution in [3.05, 3.63) is 41.7 Å². The van der Waals surface area contributed by atoms with E-state index in [1.54, 1.807) is 18.5 Å². The monoisotopic (exact) mass is 378 g/mol. The normalized spacial score (nSPS) is 12.9. The number of rotatable bonds is 7. The molecule has 0 aliphatic heterocycles. The number of hydrogen-bond donors (Lipinski definition) is 1. The molecule has 0 saturated heterocycles. The Labute approximate surface area is 165 Å². The van der Waals surface area contributed by atoms with Crippen LogP contribution in [0.5, 0.6) is 0 Å². The van der Waals surface area contributed by atoms with Crippen LogP contribution in [0.4, 0.5) is 5.69 Å². The molecule has 146 valence electrons. The number of hydrogen-bond acceptors (Lipinski definition) is 6. The van der Waals surface area contributed by atoms with Crippen molar-refractivity contribution in [1.82, 2.24) is 24.6 Å². The molecule has 0 bridgehead atoms. The van der Waals surface area contributed by atoms with Crippen LogP contribution in [0.15, 0.2) is 30.6 Å². The molecule has 28 heavy (non-hydrogen) atoms. The van der Waals surface area contributed by atoms with Crippen LogP contribution >= 0.6 is 0 Å². The molecule has 3 aromatic rings. The molecule has 0 atom stereocenters. The number of nitrogens with zero attached hydrogens (tertiary/aromatic N) is 5. The Kier molecular flexibility index (Phi) is 4.87. The van der Waals surface area contributed by atoms with Crippen LogP contribution in [0, 0.1) is 0 Å². The molecule has 0 amide bonds. The summed E-state index contributed by atoms with van der Waals surface area (Å²) in [6.07, 6.45) is 3.42. The van der Waals surface area contributed by atoms with E-state index in [0.717, 1.165) is 59.6 Å². The summed E-state index contributed by atoms with van der Waals surface area (Å²) in [5.41, 5.74) is 4.93. The van der Waals surface area contributed by atoms with Crippen LogP contribution in [-0.2, 0) is 6.54 Å². The molecule has 0 spiro atoms. The van der Waals surface area contributed by atoms with Crippen LogP contribution in [0.25, 0.3) is 22.2 Å². The zero-order valence-corrected chi connectivity index (χ0v) is 16.9. The van der Waals surface area contributed by atoms with Crippen LogP contribution < -0.4 is 5.32 Å². The summed E-state index contributed by atoms with van der Waals surface area (Å²) in [7, 11) is 8.17. The van der Waals surface area contributed by atoms with Crippen molar-refractivity contribution in [3.8, 4) is 11.3 Å². The Bertz CT molecular complexity index is 1040. The van der Waals surface area contributed by atoms with Crippen molar-refractivity contribution in [2.24, 2.45) is 0 Å². The van der Waals surface area contributed by atoms with Gasteiger partial charge in [-0.15, -0.1) is 0 Å². The van der Waals surface area contributed by atoms with E-state index in [1.165, 1.54) is 0 Å².